The zero-order valence-electron chi connectivity index (χ0n) is 27.7. The van der Waals surface area contributed by atoms with E-state index in [0.29, 0.717) is 89.6 Å². The van der Waals surface area contributed by atoms with Crippen molar-refractivity contribution >= 4 is 38.4 Å². The van der Waals surface area contributed by atoms with Crippen molar-refractivity contribution in [1.82, 2.24) is 30.0 Å². The standard InChI is InChI=1S/C28H28F2N6O3.C7H12FN/c1-5-16-17(29)8-7-15-13-18-19(14(2)34-35-18)21(20(15)16)24-23(30)25-22(27(31-24)37-3)26(33-28(32-25)38-4)36-9-6-11-39-12-10-36;8-6-4-7-2-1-3-9(7)5-6/h7-8,13H,5-6,9-12H2,1-4H3,(H,34,35);6-7H,1-5H2. The Bertz CT molecular complexity index is 1970. The van der Waals surface area contributed by atoms with Crippen LogP contribution < -0.4 is 14.4 Å². The van der Waals surface area contributed by atoms with Crippen molar-refractivity contribution < 1.29 is 27.4 Å². The lowest BCUT2D eigenvalue weighted by molar-refractivity contribution is 0.152. The number of anilines is 1. The summed E-state index contributed by atoms with van der Waals surface area (Å²) in [7, 11) is 2.91. The number of hydrogen-bond donors (Lipinski definition) is 1. The lowest BCUT2D eigenvalue weighted by Crippen LogP contribution is -2.27. The van der Waals surface area contributed by atoms with Gasteiger partial charge >= 0.3 is 6.01 Å². The molecule has 5 aromatic rings. The summed E-state index contributed by atoms with van der Waals surface area (Å²) in [5.41, 5.74) is 2.23. The minimum atomic E-state index is -0.681. The Hall–Kier alpha value is -4.23. The Balaban J connectivity index is 0.000000347. The summed E-state index contributed by atoms with van der Waals surface area (Å²) >= 11 is 0. The van der Waals surface area contributed by atoms with E-state index in [2.05, 4.69) is 25.1 Å². The average Bonchev–Trinajstić information content (AvgIpc) is 3.71. The molecule has 2 aromatic carbocycles. The van der Waals surface area contributed by atoms with Gasteiger partial charge in [0, 0.05) is 48.9 Å². The second kappa shape index (κ2) is 13.3. The van der Waals surface area contributed by atoms with E-state index in [-0.39, 0.29) is 28.9 Å². The van der Waals surface area contributed by atoms with Crippen molar-refractivity contribution in [1.29, 1.82) is 0 Å². The first kappa shape index (κ1) is 32.3. The molecule has 254 valence electrons. The van der Waals surface area contributed by atoms with Crippen LogP contribution >= 0.6 is 0 Å². The molecule has 3 aliphatic rings. The van der Waals surface area contributed by atoms with Crippen LogP contribution in [0.4, 0.5) is 19.0 Å². The smallest absolute Gasteiger partial charge is 0.318 e. The highest BCUT2D eigenvalue weighted by Crippen LogP contribution is 2.44. The van der Waals surface area contributed by atoms with E-state index < -0.39 is 12.0 Å². The highest BCUT2D eigenvalue weighted by atomic mass is 19.1. The van der Waals surface area contributed by atoms with Gasteiger partial charge in [-0.15, -0.1) is 0 Å². The number of pyridine rings is 1. The van der Waals surface area contributed by atoms with Gasteiger partial charge in [0.25, 0.3) is 0 Å². The molecular weight excluding hydrogens is 623 g/mol. The van der Waals surface area contributed by atoms with Crippen molar-refractivity contribution in [3.8, 4) is 23.1 Å². The first-order chi connectivity index (χ1) is 23.3. The first-order valence-corrected chi connectivity index (χ1v) is 16.6. The quantitative estimate of drug-likeness (QED) is 0.232. The molecule has 0 amide bonds. The van der Waals surface area contributed by atoms with E-state index in [0.717, 1.165) is 24.8 Å². The second-order valence-electron chi connectivity index (χ2n) is 12.6. The monoisotopic (exact) mass is 663 g/mol. The molecule has 3 fully saturated rings. The van der Waals surface area contributed by atoms with Crippen molar-refractivity contribution in [2.45, 2.75) is 58.2 Å². The summed E-state index contributed by atoms with van der Waals surface area (Å²) in [5.74, 6) is -0.431. The number of aromatic amines is 1. The molecule has 0 bridgehead atoms. The van der Waals surface area contributed by atoms with Crippen LogP contribution in [-0.2, 0) is 11.2 Å². The lowest BCUT2D eigenvalue weighted by Gasteiger charge is -2.24. The molecule has 2 unspecified atom stereocenters. The van der Waals surface area contributed by atoms with Crippen molar-refractivity contribution in [3.05, 3.63) is 41.1 Å². The molecule has 2 atom stereocenters. The van der Waals surface area contributed by atoms with Crippen molar-refractivity contribution in [2.75, 3.05) is 58.5 Å². The molecule has 0 spiro atoms. The maximum Gasteiger partial charge on any atom is 0.318 e. The molecule has 13 heteroatoms. The van der Waals surface area contributed by atoms with Crippen LogP contribution in [0.2, 0.25) is 0 Å². The number of methoxy groups -OCH3 is 2. The third-order valence-electron chi connectivity index (χ3n) is 9.72. The van der Waals surface area contributed by atoms with E-state index in [9.17, 15) is 4.39 Å². The number of fused-ring (bicyclic) bond motifs is 4. The maximum absolute atomic E-state index is 16.8. The normalized spacial score (nSPS) is 19.9. The van der Waals surface area contributed by atoms with Crippen LogP contribution in [0, 0.1) is 18.6 Å². The summed E-state index contributed by atoms with van der Waals surface area (Å²) in [6, 6.07) is 5.61. The van der Waals surface area contributed by atoms with Gasteiger partial charge < -0.3 is 19.1 Å². The number of alkyl halides is 1. The number of rotatable bonds is 5. The Morgan fingerprint density at radius 1 is 1.00 bits per heavy atom. The number of nitrogens with one attached hydrogen (secondary N) is 1. The predicted octanol–water partition coefficient (Wildman–Crippen LogP) is 6.31. The number of benzene rings is 2. The molecule has 8 rings (SSSR count). The molecule has 3 aromatic heterocycles. The topological polar surface area (TPSA) is 102 Å². The van der Waals surface area contributed by atoms with Gasteiger partial charge in [-0.2, -0.15) is 15.1 Å². The molecule has 0 radical (unpaired) electrons. The number of hydrogen-bond acceptors (Lipinski definition) is 9. The van der Waals surface area contributed by atoms with E-state index in [1.165, 1.54) is 33.1 Å². The number of H-pyrrole nitrogens is 1. The van der Waals surface area contributed by atoms with E-state index in [4.69, 9.17) is 19.2 Å². The number of ether oxygens (including phenoxy) is 3. The average molecular weight is 664 g/mol. The third kappa shape index (κ3) is 5.66. The molecule has 3 aliphatic heterocycles. The van der Waals surface area contributed by atoms with Crippen LogP contribution in [0.3, 0.4) is 0 Å². The van der Waals surface area contributed by atoms with Gasteiger partial charge in [0.1, 0.15) is 34.4 Å². The summed E-state index contributed by atoms with van der Waals surface area (Å²) < 4.78 is 61.3. The third-order valence-corrected chi connectivity index (χ3v) is 9.72. The molecule has 0 saturated carbocycles. The van der Waals surface area contributed by atoms with Gasteiger partial charge in [0.15, 0.2) is 5.82 Å². The lowest BCUT2D eigenvalue weighted by atomic mass is 9.91. The minimum Gasteiger partial charge on any atom is -0.480 e. The Kier molecular flexibility index (Phi) is 8.99. The van der Waals surface area contributed by atoms with Gasteiger partial charge in [-0.3, -0.25) is 10.00 Å². The zero-order valence-corrected chi connectivity index (χ0v) is 27.7. The fourth-order valence-electron chi connectivity index (χ4n) is 7.50. The summed E-state index contributed by atoms with van der Waals surface area (Å²) in [6.07, 6.45) is 4.00. The number of nitrogens with zero attached hydrogens (tertiary/aromatic N) is 6. The zero-order chi connectivity index (χ0) is 33.5. The molecule has 48 heavy (non-hydrogen) atoms. The van der Waals surface area contributed by atoms with Crippen LogP contribution in [0.15, 0.2) is 18.2 Å². The fraction of sp³-hybridized carbons (Fsp3) is 0.486. The van der Waals surface area contributed by atoms with E-state index in [1.807, 2.05) is 24.8 Å². The van der Waals surface area contributed by atoms with Gasteiger partial charge in [-0.25, -0.2) is 18.2 Å². The van der Waals surface area contributed by atoms with Gasteiger partial charge in [-0.1, -0.05) is 13.0 Å². The Labute approximate surface area is 276 Å². The van der Waals surface area contributed by atoms with E-state index in [1.54, 1.807) is 6.07 Å². The van der Waals surface area contributed by atoms with Crippen LogP contribution in [-0.4, -0.2) is 95.9 Å². The van der Waals surface area contributed by atoms with Crippen LogP contribution in [0.5, 0.6) is 11.9 Å². The van der Waals surface area contributed by atoms with Crippen LogP contribution in [0.1, 0.15) is 43.9 Å². The maximum atomic E-state index is 16.8. The molecular formula is C35H40F3N7O3. The molecule has 10 nitrogen and oxygen atoms in total. The van der Waals surface area contributed by atoms with E-state index >= 15 is 8.78 Å². The summed E-state index contributed by atoms with van der Waals surface area (Å²) in [5, 5.41) is 9.70. The highest BCUT2D eigenvalue weighted by molar-refractivity contribution is 6.14. The molecule has 3 saturated heterocycles. The first-order valence-electron chi connectivity index (χ1n) is 16.6. The number of aromatic nitrogens is 5. The molecule has 6 heterocycles. The second-order valence-corrected chi connectivity index (χ2v) is 12.6. The SMILES string of the molecule is CCc1c(F)ccc2cc3n[nH]c(C)c3c(-c3nc(OC)c4c(N5CCCOCC5)nc(OC)nc4c3F)c12.FC1CC2CCCN2C1. The number of halogens is 3. The fourth-order valence-corrected chi connectivity index (χ4v) is 7.50. The van der Waals surface area contributed by atoms with Gasteiger partial charge in [-0.05, 0) is 74.0 Å². The van der Waals surface area contributed by atoms with Gasteiger partial charge in [0.05, 0.1) is 26.3 Å². The van der Waals surface area contributed by atoms with Crippen molar-refractivity contribution in [3.63, 3.8) is 0 Å². The molecule has 1 N–H and O–H groups in total. The highest BCUT2D eigenvalue weighted by Gasteiger charge is 2.35. The summed E-state index contributed by atoms with van der Waals surface area (Å²) in [6.45, 7) is 7.91. The largest absolute Gasteiger partial charge is 0.480 e. The summed E-state index contributed by atoms with van der Waals surface area (Å²) in [4.78, 5) is 18.0. The minimum absolute atomic E-state index is 0.00428. The molecule has 0 aliphatic carbocycles. The van der Waals surface area contributed by atoms with Gasteiger partial charge in [0.2, 0.25) is 5.88 Å². The van der Waals surface area contributed by atoms with Crippen molar-refractivity contribution in [2.24, 2.45) is 0 Å². The predicted molar refractivity (Wildman–Crippen MR) is 179 cm³/mol. The number of aryl methyl sites for hydroxylation is 2. The van der Waals surface area contributed by atoms with Crippen LogP contribution in [0.25, 0.3) is 43.8 Å². The Morgan fingerprint density at radius 2 is 1.85 bits per heavy atom. The Morgan fingerprint density at radius 3 is 2.62 bits per heavy atom.